The van der Waals surface area contributed by atoms with Gasteiger partial charge in [0.15, 0.2) is 0 Å². The van der Waals surface area contributed by atoms with Crippen LogP contribution in [0.5, 0.6) is 0 Å². The van der Waals surface area contributed by atoms with Gasteiger partial charge in [-0.05, 0) is 65.6 Å². The summed E-state index contributed by atoms with van der Waals surface area (Å²) in [5.74, 6) is -4.26. The number of non-ortho nitro benzene ring substituents is 1. The Bertz CT molecular complexity index is 1150. The van der Waals surface area contributed by atoms with E-state index >= 15 is 0 Å². The molecule has 1 aromatic carbocycles. The van der Waals surface area contributed by atoms with Crippen molar-refractivity contribution in [1.82, 2.24) is 19.6 Å². The predicted octanol–water partition coefficient (Wildman–Crippen LogP) is 1.40. The van der Waals surface area contributed by atoms with Gasteiger partial charge in [-0.15, -0.1) is 0 Å². The van der Waals surface area contributed by atoms with Crippen molar-refractivity contribution in [2.24, 2.45) is 0 Å². The van der Waals surface area contributed by atoms with E-state index in [-0.39, 0.29) is 44.8 Å². The molecule has 4 N–H and O–H groups in total. The van der Waals surface area contributed by atoms with Gasteiger partial charge < -0.3 is 20.4 Å². The lowest BCUT2D eigenvalue weighted by atomic mass is 10.0. The molecule has 2 rings (SSSR count). The second kappa shape index (κ2) is 17.0. The summed E-state index contributed by atoms with van der Waals surface area (Å²) in [6, 6.07) is 1.70. The van der Waals surface area contributed by atoms with Crippen LogP contribution in [0.3, 0.4) is 0 Å². The summed E-state index contributed by atoms with van der Waals surface area (Å²) in [4.78, 5) is 65.8. The van der Waals surface area contributed by atoms with Crippen LogP contribution in [0.25, 0.3) is 0 Å². The van der Waals surface area contributed by atoms with Crippen molar-refractivity contribution in [2.45, 2.75) is 77.2 Å². The van der Waals surface area contributed by atoms with Crippen LogP contribution in [0, 0.1) is 10.1 Å². The van der Waals surface area contributed by atoms with E-state index in [1.165, 1.54) is 26.0 Å². The molecular weight excluding hydrogens is 578 g/mol. The van der Waals surface area contributed by atoms with Crippen LogP contribution in [-0.2, 0) is 25.6 Å². The van der Waals surface area contributed by atoms with E-state index in [2.05, 4.69) is 0 Å². The number of carbonyl (C=O) groups is 4. The van der Waals surface area contributed by atoms with Crippen molar-refractivity contribution >= 4 is 29.6 Å². The Kier molecular flexibility index (Phi) is 14.1. The summed E-state index contributed by atoms with van der Waals surface area (Å²) in [6.07, 6.45) is 1.32. The summed E-state index contributed by atoms with van der Waals surface area (Å²) in [5, 5.41) is 50.6. The Morgan fingerprint density at radius 1 is 0.705 bits per heavy atom. The Hall–Kier alpha value is -3.66. The second-order valence-electron chi connectivity index (χ2n) is 11.4. The van der Waals surface area contributed by atoms with Crippen LogP contribution in [0.4, 0.5) is 5.69 Å². The van der Waals surface area contributed by atoms with Crippen LogP contribution in [0.15, 0.2) is 24.3 Å². The van der Waals surface area contributed by atoms with Crippen molar-refractivity contribution in [3.63, 3.8) is 0 Å². The minimum absolute atomic E-state index is 0.0931. The smallest absolute Gasteiger partial charge is 0.320 e. The fourth-order valence-corrected chi connectivity index (χ4v) is 5.45. The zero-order valence-corrected chi connectivity index (χ0v) is 25.7. The van der Waals surface area contributed by atoms with Gasteiger partial charge in [-0.3, -0.25) is 48.9 Å². The minimum Gasteiger partial charge on any atom is -0.480 e. The lowest BCUT2D eigenvalue weighted by Gasteiger charge is -2.40. The van der Waals surface area contributed by atoms with Gasteiger partial charge >= 0.3 is 23.9 Å². The number of nitro groups is 1. The Labute approximate surface area is 256 Å². The first-order valence-corrected chi connectivity index (χ1v) is 14.8. The molecular formula is C29H45N5O10. The number of hydrogen-bond acceptors (Lipinski definition) is 10. The molecule has 0 aromatic heterocycles. The van der Waals surface area contributed by atoms with E-state index in [1.54, 1.807) is 45.6 Å². The monoisotopic (exact) mass is 623 g/mol. The quantitative estimate of drug-likeness (QED) is 0.203. The first-order chi connectivity index (χ1) is 20.6. The average molecular weight is 624 g/mol. The van der Waals surface area contributed by atoms with Crippen molar-refractivity contribution in [3.8, 4) is 0 Å². The Morgan fingerprint density at radius 3 is 1.57 bits per heavy atom. The number of aliphatic carboxylic acids is 4. The minimum atomic E-state index is -1.10. The number of carboxylic acid groups (broad SMARTS) is 4. The van der Waals surface area contributed by atoms with E-state index in [1.807, 2.05) is 0 Å². The summed E-state index contributed by atoms with van der Waals surface area (Å²) in [6.45, 7) is 7.84. The molecule has 0 radical (unpaired) electrons. The van der Waals surface area contributed by atoms with Crippen molar-refractivity contribution in [1.29, 1.82) is 0 Å². The zero-order chi connectivity index (χ0) is 33.1. The molecule has 15 nitrogen and oxygen atoms in total. The van der Waals surface area contributed by atoms with E-state index < -0.39 is 59.0 Å². The van der Waals surface area contributed by atoms with Crippen LogP contribution in [0.1, 0.15) is 46.1 Å². The third-order valence-corrected chi connectivity index (χ3v) is 8.56. The van der Waals surface area contributed by atoms with Gasteiger partial charge in [-0.2, -0.15) is 0 Å². The van der Waals surface area contributed by atoms with E-state index in [9.17, 15) is 49.7 Å². The molecule has 15 heteroatoms. The Balaban J connectivity index is 2.57. The number of nitro benzene ring substituents is 1. The molecule has 0 aliphatic carbocycles. The maximum absolute atomic E-state index is 12.3. The summed E-state index contributed by atoms with van der Waals surface area (Å²) >= 11 is 0. The van der Waals surface area contributed by atoms with Crippen molar-refractivity contribution < 1.29 is 44.5 Å². The van der Waals surface area contributed by atoms with Gasteiger partial charge in [-0.1, -0.05) is 12.1 Å². The van der Waals surface area contributed by atoms with Gasteiger partial charge in [0.05, 0.1) is 4.92 Å². The van der Waals surface area contributed by atoms with Gasteiger partial charge in [0.1, 0.15) is 24.2 Å². The molecule has 1 heterocycles. The molecule has 44 heavy (non-hydrogen) atoms. The first-order valence-electron chi connectivity index (χ1n) is 14.8. The molecule has 1 saturated heterocycles. The van der Waals surface area contributed by atoms with Gasteiger partial charge in [0.2, 0.25) is 0 Å². The highest BCUT2D eigenvalue weighted by Gasteiger charge is 2.33. The van der Waals surface area contributed by atoms with Gasteiger partial charge in [0, 0.05) is 50.9 Å². The lowest BCUT2D eigenvalue weighted by molar-refractivity contribution is -0.384. The molecule has 0 spiro atoms. The highest BCUT2D eigenvalue weighted by Crippen LogP contribution is 2.20. The largest absolute Gasteiger partial charge is 0.480 e. The number of nitrogens with zero attached hydrogens (tertiary/aromatic N) is 5. The maximum Gasteiger partial charge on any atom is 0.320 e. The number of rotatable bonds is 11. The third-order valence-electron chi connectivity index (χ3n) is 8.56. The molecule has 246 valence electrons. The summed E-state index contributed by atoms with van der Waals surface area (Å²) in [7, 11) is 0. The molecule has 5 atom stereocenters. The SMILES string of the molecule is C[C@H](C(=O)O)N1CCCCN([C@@H](C)C(=O)O)CCN([C@@H](C)C(=O)O)CCN([C@@H](C)C(=O)O)C[C@@H]1Cc1ccc([N+](=O)[O-])cc1. The predicted molar refractivity (Wildman–Crippen MR) is 160 cm³/mol. The number of carboxylic acids is 4. The van der Waals surface area contributed by atoms with Crippen molar-refractivity contribution in [2.75, 3.05) is 45.8 Å². The van der Waals surface area contributed by atoms with Crippen LogP contribution in [0.2, 0.25) is 0 Å². The maximum atomic E-state index is 12.3. The fraction of sp³-hybridized carbons (Fsp3) is 0.655. The van der Waals surface area contributed by atoms with Crippen LogP contribution >= 0.6 is 0 Å². The molecule has 1 aliphatic rings. The second-order valence-corrected chi connectivity index (χ2v) is 11.4. The number of benzene rings is 1. The fourth-order valence-electron chi connectivity index (χ4n) is 5.45. The van der Waals surface area contributed by atoms with Crippen LogP contribution in [-0.4, -0.2) is 145 Å². The third kappa shape index (κ3) is 10.5. The molecule has 0 unspecified atom stereocenters. The van der Waals surface area contributed by atoms with E-state index in [0.29, 0.717) is 31.5 Å². The summed E-state index contributed by atoms with van der Waals surface area (Å²) < 4.78 is 0. The van der Waals surface area contributed by atoms with Crippen LogP contribution < -0.4 is 0 Å². The lowest BCUT2D eigenvalue weighted by Crippen LogP contribution is -2.56. The topological polar surface area (TPSA) is 205 Å². The molecule has 1 fully saturated rings. The molecule has 0 amide bonds. The molecule has 1 aliphatic heterocycles. The highest BCUT2D eigenvalue weighted by atomic mass is 16.6. The number of hydrogen-bond donors (Lipinski definition) is 4. The van der Waals surface area contributed by atoms with Gasteiger partial charge in [0.25, 0.3) is 5.69 Å². The van der Waals surface area contributed by atoms with E-state index in [0.717, 1.165) is 0 Å². The Morgan fingerprint density at radius 2 is 1.11 bits per heavy atom. The molecule has 1 aromatic rings. The van der Waals surface area contributed by atoms with Crippen molar-refractivity contribution in [3.05, 3.63) is 39.9 Å². The molecule has 0 saturated carbocycles. The average Bonchev–Trinajstić information content (AvgIpc) is 2.97. The molecule has 0 bridgehead atoms. The normalized spacial score (nSPS) is 21.8. The highest BCUT2D eigenvalue weighted by molar-refractivity contribution is 5.74. The first kappa shape index (κ1) is 36.5. The van der Waals surface area contributed by atoms with Gasteiger partial charge in [-0.25, -0.2) is 0 Å². The van der Waals surface area contributed by atoms with E-state index in [4.69, 9.17) is 0 Å². The zero-order valence-electron chi connectivity index (χ0n) is 25.7. The standard InChI is InChI=1S/C29H45N5O10/c1-19(26(35)36)30-11-5-6-12-33(22(4)29(41)42)25(17-23-7-9-24(10-8-23)34(43)44)18-32(21(3)28(39)40)16-15-31(14-13-30)20(2)27(37)38/h7-10,19-22,25H,5-6,11-18H2,1-4H3,(H,35,36)(H,37,38)(H,39,40)(H,41,42)/t19-,20-,21-,22+,25-/m0/s1. The summed E-state index contributed by atoms with van der Waals surface area (Å²) in [5.41, 5.74) is 0.610.